The van der Waals surface area contributed by atoms with Crippen molar-refractivity contribution in [2.75, 3.05) is 17.7 Å². The van der Waals surface area contributed by atoms with Crippen LogP contribution in [0.2, 0.25) is 0 Å². The van der Waals surface area contributed by atoms with Gasteiger partial charge in [0.05, 0.1) is 12.8 Å². The number of aromatic nitrogens is 1. The number of benzene rings is 2. The summed E-state index contributed by atoms with van der Waals surface area (Å²) in [5, 5.41) is 5.99. The second kappa shape index (κ2) is 8.35. The number of aryl methyl sites for hydroxylation is 1. The Balaban J connectivity index is 1.79. The maximum absolute atomic E-state index is 12.7. The summed E-state index contributed by atoms with van der Waals surface area (Å²) in [6.07, 6.45) is 1.56. The van der Waals surface area contributed by atoms with Crippen LogP contribution in [-0.2, 0) is 0 Å². The van der Waals surface area contributed by atoms with E-state index < -0.39 is 0 Å². The Kier molecular flexibility index (Phi) is 5.69. The number of pyridine rings is 1. The van der Waals surface area contributed by atoms with Crippen molar-refractivity contribution in [2.45, 2.75) is 13.8 Å². The number of nitrogens with zero attached hydrogens (tertiary/aromatic N) is 1. The van der Waals surface area contributed by atoms with Crippen LogP contribution in [0.25, 0.3) is 0 Å². The molecule has 0 fully saturated rings. The summed E-state index contributed by atoms with van der Waals surface area (Å²) in [7, 11) is 1.56. The Bertz CT molecular complexity index is 1030. The van der Waals surface area contributed by atoms with E-state index >= 15 is 0 Å². The van der Waals surface area contributed by atoms with E-state index in [-0.39, 0.29) is 11.7 Å². The first-order valence-electron chi connectivity index (χ1n) is 8.76. The fourth-order valence-corrected chi connectivity index (χ4v) is 2.72. The average Bonchev–Trinajstić information content (AvgIpc) is 2.68. The minimum Gasteiger partial charge on any atom is -0.495 e. The average molecular weight is 375 g/mol. The standard InChI is InChI=1S/C22H21N3O3/c1-14-7-8-20(28-3)19(11-14)25-22(27)17-9-10-23-21(13-17)24-18-6-4-5-16(12-18)15(2)26/h4-13H,1-3H3,(H,23,24)(H,25,27). The Morgan fingerprint density at radius 1 is 1.00 bits per heavy atom. The van der Waals surface area contributed by atoms with E-state index in [0.717, 1.165) is 11.3 Å². The van der Waals surface area contributed by atoms with Gasteiger partial charge in [-0.05, 0) is 55.8 Å². The van der Waals surface area contributed by atoms with Gasteiger partial charge in [-0.1, -0.05) is 18.2 Å². The molecule has 6 heteroatoms. The van der Waals surface area contributed by atoms with Gasteiger partial charge in [0.1, 0.15) is 11.6 Å². The zero-order valence-electron chi connectivity index (χ0n) is 15.9. The normalized spacial score (nSPS) is 10.2. The summed E-state index contributed by atoms with van der Waals surface area (Å²) >= 11 is 0. The summed E-state index contributed by atoms with van der Waals surface area (Å²) in [5.41, 5.74) is 3.39. The van der Waals surface area contributed by atoms with Crippen LogP contribution in [0.15, 0.2) is 60.8 Å². The Hall–Kier alpha value is -3.67. The van der Waals surface area contributed by atoms with Crippen molar-refractivity contribution in [1.29, 1.82) is 0 Å². The highest BCUT2D eigenvalue weighted by Gasteiger charge is 2.11. The molecule has 1 amide bonds. The van der Waals surface area contributed by atoms with Gasteiger partial charge in [-0.25, -0.2) is 4.98 Å². The molecule has 0 aliphatic carbocycles. The SMILES string of the molecule is COc1ccc(C)cc1NC(=O)c1ccnc(Nc2cccc(C(C)=O)c2)c1. The molecule has 2 aromatic carbocycles. The van der Waals surface area contributed by atoms with Gasteiger partial charge in [0, 0.05) is 23.0 Å². The number of rotatable bonds is 6. The Labute approximate surface area is 163 Å². The first-order chi connectivity index (χ1) is 13.5. The molecule has 0 unspecified atom stereocenters. The van der Waals surface area contributed by atoms with E-state index in [1.165, 1.54) is 6.92 Å². The van der Waals surface area contributed by atoms with Gasteiger partial charge >= 0.3 is 0 Å². The Morgan fingerprint density at radius 3 is 2.57 bits per heavy atom. The first-order valence-corrected chi connectivity index (χ1v) is 8.76. The number of hydrogen-bond donors (Lipinski definition) is 2. The molecular formula is C22H21N3O3. The van der Waals surface area contributed by atoms with Gasteiger partial charge in [0.25, 0.3) is 5.91 Å². The van der Waals surface area contributed by atoms with E-state index in [2.05, 4.69) is 15.6 Å². The van der Waals surface area contributed by atoms with Crippen LogP contribution < -0.4 is 15.4 Å². The number of nitrogens with one attached hydrogen (secondary N) is 2. The van der Waals surface area contributed by atoms with Crippen LogP contribution in [0.4, 0.5) is 17.2 Å². The number of methoxy groups -OCH3 is 1. The predicted molar refractivity (Wildman–Crippen MR) is 110 cm³/mol. The number of amides is 1. The molecule has 1 aromatic heterocycles. The quantitative estimate of drug-likeness (QED) is 0.616. The van der Waals surface area contributed by atoms with Gasteiger partial charge in [-0.3, -0.25) is 9.59 Å². The maximum atomic E-state index is 12.7. The van der Waals surface area contributed by atoms with E-state index in [9.17, 15) is 9.59 Å². The summed E-state index contributed by atoms with van der Waals surface area (Å²) in [5.74, 6) is 0.806. The lowest BCUT2D eigenvalue weighted by Gasteiger charge is -2.12. The highest BCUT2D eigenvalue weighted by Crippen LogP contribution is 2.26. The summed E-state index contributed by atoms with van der Waals surface area (Å²) < 4.78 is 5.30. The molecule has 142 valence electrons. The van der Waals surface area contributed by atoms with Crippen molar-refractivity contribution >= 4 is 28.9 Å². The van der Waals surface area contributed by atoms with Crippen LogP contribution in [0, 0.1) is 6.92 Å². The molecule has 0 aliphatic heterocycles. The molecule has 2 N–H and O–H groups in total. The third-order valence-corrected chi connectivity index (χ3v) is 4.17. The third-order valence-electron chi connectivity index (χ3n) is 4.17. The minimum atomic E-state index is -0.271. The molecule has 28 heavy (non-hydrogen) atoms. The molecule has 0 aliphatic rings. The number of hydrogen-bond acceptors (Lipinski definition) is 5. The minimum absolute atomic E-state index is 0.0168. The van der Waals surface area contributed by atoms with Crippen LogP contribution in [0.3, 0.4) is 0 Å². The molecule has 0 spiro atoms. The first kappa shape index (κ1) is 19.1. The van der Waals surface area contributed by atoms with Crippen molar-refractivity contribution in [3.05, 3.63) is 77.5 Å². The van der Waals surface area contributed by atoms with Gasteiger partial charge < -0.3 is 15.4 Å². The molecule has 6 nitrogen and oxygen atoms in total. The number of anilines is 3. The summed E-state index contributed by atoms with van der Waals surface area (Å²) in [4.78, 5) is 28.5. The third kappa shape index (κ3) is 4.54. The molecule has 0 saturated heterocycles. The zero-order valence-corrected chi connectivity index (χ0v) is 15.9. The van der Waals surface area contributed by atoms with Crippen LogP contribution in [0.1, 0.15) is 33.2 Å². The number of carbonyl (C=O) groups excluding carboxylic acids is 2. The fraction of sp³-hybridized carbons (Fsp3) is 0.136. The molecule has 0 saturated carbocycles. The van der Waals surface area contributed by atoms with E-state index in [4.69, 9.17) is 4.74 Å². The van der Waals surface area contributed by atoms with Gasteiger partial charge in [0.15, 0.2) is 5.78 Å². The van der Waals surface area contributed by atoms with E-state index in [1.54, 1.807) is 43.6 Å². The van der Waals surface area contributed by atoms with Crippen LogP contribution in [0.5, 0.6) is 5.75 Å². The fourth-order valence-electron chi connectivity index (χ4n) is 2.72. The molecule has 0 atom stereocenters. The van der Waals surface area contributed by atoms with Crippen LogP contribution >= 0.6 is 0 Å². The second-order valence-electron chi connectivity index (χ2n) is 6.35. The summed E-state index contributed by atoms with van der Waals surface area (Å²) in [6.45, 7) is 3.46. The van der Waals surface area contributed by atoms with E-state index in [1.807, 2.05) is 31.2 Å². The van der Waals surface area contributed by atoms with Crippen LogP contribution in [-0.4, -0.2) is 23.8 Å². The lowest BCUT2D eigenvalue weighted by atomic mass is 10.1. The molecule has 3 rings (SSSR count). The van der Waals surface area contributed by atoms with Gasteiger partial charge in [0.2, 0.25) is 0 Å². The smallest absolute Gasteiger partial charge is 0.255 e. The van der Waals surface area contributed by atoms with Crippen molar-refractivity contribution in [1.82, 2.24) is 4.98 Å². The number of carbonyl (C=O) groups is 2. The highest BCUT2D eigenvalue weighted by molar-refractivity contribution is 6.05. The topological polar surface area (TPSA) is 80.3 Å². The van der Waals surface area contributed by atoms with Crippen molar-refractivity contribution in [3.63, 3.8) is 0 Å². The molecule has 0 bridgehead atoms. The monoisotopic (exact) mass is 375 g/mol. The predicted octanol–water partition coefficient (Wildman–Crippen LogP) is 4.60. The second-order valence-corrected chi connectivity index (χ2v) is 6.35. The maximum Gasteiger partial charge on any atom is 0.255 e. The van der Waals surface area contributed by atoms with Crippen molar-refractivity contribution in [3.8, 4) is 5.75 Å². The molecular weight excluding hydrogens is 354 g/mol. The number of ketones is 1. The molecule has 3 aromatic rings. The summed E-state index contributed by atoms with van der Waals surface area (Å²) in [6, 6.07) is 16.0. The highest BCUT2D eigenvalue weighted by atomic mass is 16.5. The van der Waals surface area contributed by atoms with Crippen molar-refractivity contribution < 1.29 is 14.3 Å². The van der Waals surface area contributed by atoms with Gasteiger partial charge in [-0.2, -0.15) is 0 Å². The van der Waals surface area contributed by atoms with Crippen molar-refractivity contribution in [2.24, 2.45) is 0 Å². The largest absolute Gasteiger partial charge is 0.495 e. The lowest BCUT2D eigenvalue weighted by Crippen LogP contribution is -2.13. The lowest BCUT2D eigenvalue weighted by molar-refractivity contribution is 0.101. The Morgan fingerprint density at radius 2 is 1.82 bits per heavy atom. The molecule has 1 heterocycles. The number of ether oxygens (including phenoxy) is 1. The number of Topliss-reactive ketones (excluding diaryl/α,β-unsaturated/α-hetero) is 1. The molecule has 0 radical (unpaired) electrons. The zero-order chi connectivity index (χ0) is 20.1. The van der Waals surface area contributed by atoms with Gasteiger partial charge in [-0.15, -0.1) is 0 Å². The van der Waals surface area contributed by atoms with E-state index in [0.29, 0.717) is 28.4 Å².